The van der Waals surface area contributed by atoms with Crippen molar-refractivity contribution in [1.82, 2.24) is 9.80 Å². The Kier molecular flexibility index (Phi) is 5.15. The lowest BCUT2D eigenvalue weighted by molar-refractivity contribution is -0.137. The number of rotatable bonds is 4. The molecule has 1 aliphatic heterocycles. The summed E-state index contributed by atoms with van der Waals surface area (Å²) < 4.78 is 38.4. The number of piperazine rings is 1. The summed E-state index contributed by atoms with van der Waals surface area (Å²) in [4.78, 5) is 17.4. The Morgan fingerprint density at radius 2 is 1.64 bits per heavy atom. The maximum Gasteiger partial charge on any atom is 0.416 e. The minimum atomic E-state index is -4.40. The summed E-state index contributed by atoms with van der Waals surface area (Å²) in [5.74, 6) is -0.190. The molecular weight excluding hydrogens is 365 g/mol. The average molecular weight is 388 g/mol. The number of alkyl halides is 3. The van der Waals surface area contributed by atoms with Crippen molar-refractivity contribution in [2.75, 3.05) is 19.6 Å². The van der Waals surface area contributed by atoms with Crippen LogP contribution in [0.2, 0.25) is 0 Å². The lowest BCUT2D eigenvalue weighted by Gasteiger charge is -2.42. The van der Waals surface area contributed by atoms with Crippen LogP contribution in [0.4, 0.5) is 13.2 Å². The Morgan fingerprint density at radius 1 is 0.964 bits per heavy atom. The molecule has 2 aromatic carbocycles. The van der Waals surface area contributed by atoms with Gasteiger partial charge in [-0.25, -0.2) is 0 Å². The van der Waals surface area contributed by atoms with Gasteiger partial charge < -0.3 is 4.90 Å². The van der Waals surface area contributed by atoms with Crippen LogP contribution >= 0.6 is 0 Å². The van der Waals surface area contributed by atoms with Crippen LogP contribution in [0.15, 0.2) is 54.6 Å². The highest BCUT2D eigenvalue weighted by atomic mass is 19.4. The highest BCUT2D eigenvalue weighted by Crippen LogP contribution is 2.31. The average Bonchev–Trinajstić information content (AvgIpc) is 3.53. The smallest absolute Gasteiger partial charge is 0.333 e. The van der Waals surface area contributed by atoms with Crippen molar-refractivity contribution in [3.05, 3.63) is 71.3 Å². The van der Waals surface area contributed by atoms with Gasteiger partial charge in [0, 0.05) is 37.3 Å². The lowest BCUT2D eigenvalue weighted by Crippen LogP contribution is -2.56. The molecule has 1 saturated heterocycles. The Balaban J connectivity index is 1.53. The van der Waals surface area contributed by atoms with Crippen molar-refractivity contribution in [3.8, 4) is 0 Å². The molecule has 1 atom stereocenters. The first-order chi connectivity index (χ1) is 13.4. The van der Waals surface area contributed by atoms with Crippen molar-refractivity contribution in [1.29, 1.82) is 0 Å². The van der Waals surface area contributed by atoms with Crippen molar-refractivity contribution >= 4 is 5.91 Å². The van der Waals surface area contributed by atoms with E-state index in [1.807, 2.05) is 23.1 Å². The Hall–Kier alpha value is -2.34. The van der Waals surface area contributed by atoms with Gasteiger partial charge in [0.2, 0.25) is 0 Å². The van der Waals surface area contributed by atoms with E-state index in [4.69, 9.17) is 0 Å². The summed E-state index contributed by atoms with van der Waals surface area (Å²) in [7, 11) is 0. The molecule has 0 spiro atoms. The van der Waals surface area contributed by atoms with Crippen molar-refractivity contribution < 1.29 is 18.0 Å². The summed E-state index contributed by atoms with van der Waals surface area (Å²) >= 11 is 0. The van der Waals surface area contributed by atoms with Crippen molar-refractivity contribution in [2.45, 2.75) is 37.5 Å². The molecule has 4 rings (SSSR count). The topological polar surface area (TPSA) is 23.6 Å². The highest BCUT2D eigenvalue weighted by molar-refractivity contribution is 5.94. The number of benzene rings is 2. The molecule has 28 heavy (non-hydrogen) atoms. The summed E-state index contributed by atoms with van der Waals surface area (Å²) in [5.41, 5.74) is 0.740. The van der Waals surface area contributed by atoms with Crippen LogP contribution in [0, 0.1) is 0 Å². The zero-order valence-corrected chi connectivity index (χ0v) is 15.5. The second-order valence-corrected chi connectivity index (χ2v) is 7.64. The van der Waals surface area contributed by atoms with E-state index in [0.29, 0.717) is 18.2 Å². The number of halogens is 3. The molecule has 1 unspecified atom stereocenters. The van der Waals surface area contributed by atoms with Gasteiger partial charge in [-0.15, -0.1) is 0 Å². The van der Waals surface area contributed by atoms with Crippen LogP contribution in [0.25, 0.3) is 0 Å². The van der Waals surface area contributed by atoms with Crippen molar-refractivity contribution in [2.24, 2.45) is 0 Å². The Morgan fingerprint density at radius 3 is 2.25 bits per heavy atom. The number of hydrogen-bond donors (Lipinski definition) is 0. The molecule has 3 nitrogen and oxygen atoms in total. The Bertz CT molecular complexity index is 816. The lowest BCUT2D eigenvalue weighted by atomic mass is 10.0. The summed E-state index contributed by atoms with van der Waals surface area (Å²) in [5, 5.41) is 0. The second-order valence-electron chi connectivity index (χ2n) is 7.64. The number of carbonyl (C=O) groups is 1. The van der Waals surface area contributed by atoms with E-state index in [1.165, 1.54) is 25.0 Å². The van der Waals surface area contributed by atoms with Crippen LogP contribution in [-0.4, -0.2) is 47.4 Å². The summed E-state index contributed by atoms with van der Waals surface area (Å²) in [6, 6.07) is 15.2. The van der Waals surface area contributed by atoms with E-state index < -0.39 is 11.7 Å². The van der Waals surface area contributed by atoms with E-state index in [0.717, 1.165) is 37.2 Å². The molecule has 2 aliphatic rings. The van der Waals surface area contributed by atoms with Gasteiger partial charge in [-0.05, 0) is 49.1 Å². The molecular formula is C22H23F3N2O. The van der Waals surface area contributed by atoms with E-state index in [9.17, 15) is 18.0 Å². The molecule has 1 heterocycles. The van der Waals surface area contributed by atoms with Crippen molar-refractivity contribution in [3.63, 3.8) is 0 Å². The summed E-state index contributed by atoms with van der Waals surface area (Å²) in [6.07, 6.45) is -1.22. The first-order valence-corrected chi connectivity index (χ1v) is 9.68. The SMILES string of the molecule is O=C(c1ccc(C(F)(F)F)cc1)N1CCN(C2CC2)CC1Cc1ccccc1. The fourth-order valence-corrected chi connectivity index (χ4v) is 3.95. The molecule has 2 fully saturated rings. The molecule has 0 radical (unpaired) electrons. The molecule has 0 N–H and O–H groups in total. The van der Waals surface area contributed by atoms with Gasteiger partial charge >= 0.3 is 6.18 Å². The molecule has 0 aromatic heterocycles. The number of nitrogens with zero attached hydrogens (tertiary/aromatic N) is 2. The van der Waals surface area contributed by atoms with Crippen LogP contribution in [-0.2, 0) is 12.6 Å². The van der Waals surface area contributed by atoms with Gasteiger partial charge in [-0.1, -0.05) is 30.3 Å². The van der Waals surface area contributed by atoms with Crippen LogP contribution < -0.4 is 0 Å². The van der Waals surface area contributed by atoms with Gasteiger partial charge in [0.05, 0.1) is 5.56 Å². The molecule has 1 saturated carbocycles. The van der Waals surface area contributed by atoms with E-state index in [2.05, 4.69) is 17.0 Å². The minimum Gasteiger partial charge on any atom is -0.333 e. The Labute approximate surface area is 162 Å². The first-order valence-electron chi connectivity index (χ1n) is 9.68. The number of hydrogen-bond acceptors (Lipinski definition) is 2. The predicted octanol–water partition coefficient (Wildman–Crippen LogP) is 4.24. The largest absolute Gasteiger partial charge is 0.416 e. The van der Waals surface area contributed by atoms with Gasteiger partial charge in [0.15, 0.2) is 0 Å². The fourth-order valence-electron chi connectivity index (χ4n) is 3.95. The summed E-state index contributed by atoms with van der Waals surface area (Å²) in [6.45, 7) is 2.24. The van der Waals surface area contributed by atoms with Gasteiger partial charge in [0.1, 0.15) is 0 Å². The molecule has 6 heteroatoms. The highest BCUT2D eigenvalue weighted by Gasteiger charge is 2.37. The van der Waals surface area contributed by atoms with Gasteiger partial charge in [-0.2, -0.15) is 13.2 Å². The monoisotopic (exact) mass is 388 g/mol. The van der Waals surface area contributed by atoms with Crippen LogP contribution in [0.3, 0.4) is 0 Å². The van der Waals surface area contributed by atoms with Crippen LogP contribution in [0.1, 0.15) is 34.3 Å². The normalized spacial score (nSPS) is 21.0. The van der Waals surface area contributed by atoms with E-state index in [-0.39, 0.29) is 11.9 Å². The van der Waals surface area contributed by atoms with E-state index >= 15 is 0 Å². The second kappa shape index (κ2) is 7.59. The third kappa shape index (κ3) is 4.22. The molecule has 0 bridgehead atoms. The van der Waals surface area contributed by atoms with E-state index in [1.54, 1.807) is 0 Å². The van der Waals surface area contributed by atoms with Gasteiger partial charge in [0.25, 0.3) is 5.91 Å². The van der Waals surface area contributed by atoms with Gasteiger partial charge in [-0.3, -0.25) is 9.69 Å². The maximum atomic E-state index is 13.1. The first kappa shape index (κ1) is 19.0. The zero-order chi connectivity index (χ0) is 19.7. The minimum absolute atomic E-state index is 0.0199. The number of amides is 1. The predicted molar refractivity (Wildman–Crippen MR) is 101 cm³/mol. The standard InChI is InChI=1S/C22H23F3N2O/c23-22(24,25)18-8-6-17(7-9-18)21(28)27-13-12-26(19-10-11-19)15-20(27)14-16-4-2-1-3-5-16/h1-9,19-20H,10-15H2. The molecule has 148 valence electrons. The quantitative estimate of drug-likeness (QED) is 0.782. The molecule has 2 aromatic rings. The third-order valence-corrected chi connectivity index (χ3v) is 5.61. The maximum absolute atomic E-state index is 13.1. The third-order valence-electron chi connectivity index (χ3n) is 5.61. The fraction of sp³-hybridized carbons (Fsp3) is 0.409. The molecule has 1 aliphatic carbocycles. The molecule has 1 amide bonds. The number of carbonyl (C=O) groups excluding carboxylic acids is 1. The van der Waals surface area contributed by atoms with Crippen LogP contribution in [0.5, 0.6) is 0 Å². The zero-order valence-electron chi connectivity index (χ0n) is 15.5.